The van der Waals surface area contributed by atoms with Crippen molar-refractivity contribution in [1.29, 1.82) is 0 Å². The largest absolute Gasteiger partial charge is 0.450 e. The molecule has 1 saturated heterocycles. The molecule has 0 aliphatic carbocycles. The standard InChI is InChI=1S/C20H25N5O3/c1-3-28-20(27)25-10-8-24(9-11-25)19(26)17-13-23-18(14-21-17)22-12-16-6-4-15(2)5-7-16/h4-7,13-14H,3,8-12H2,1-2H3,(H,22,23). The second kappa shape index (κ2) is 9.16. The van der Waals surface area contributed by atoms with Crippen LogP contribution in [0.1, 0.15) is 28.5 Å². The molecule has 8 heteroatoms. The fourth-order valence-electron chi connectivity index (χ4n) is 2.90. The highest BCUT2D eigenvalue weighted by atomic mass is 16.6. The molecule has 0 atom stereocenters. The molecular formula is C20H25N5O3. The van der Waals surface area contributed by atoms with Gasteiger partial charge < -0.3 is 19.9 Å². The number of benzene rings is 1. The molecule has 8 nitrogen and oxygen atoms in total. The van der Waals surface area contributed by atoms with Gasteiger partial charge in [0.15, 0.2) is 0 Å². The van der Waals surface area contributed by atoms with E-state index in [9.17, 15) is 9.59 Å². The van der Waals surface area contributed by atoms with Gasteiger partial charge in [0.2, 0.25) is 0 Å². The Morgan fingerprint density at radius 2 is 1.71 bits per heavy atom. The van der Waals surface area contributed by atoms with E-state index in [1.165, 1.54) is 11.8 Å². The van der Waals surface area contributed by atoms with Crippen LogP contribution in [0.2, 0.25) is 0 Å². The van der Waals surface area contributed by atoms with Crippen LogP contribution in [0.4, 0.5) is 10.6 Å². The SMILES string of the molecule is CCOC(=O)N1CCN(C(=O)c2cnc(NCc3ccc(C)cc3)cn2)CC1. The second-order valence-electron chi connectivity index (χ2n) is 6.60. The lowest BCUT2D eigenvalue weighted by atomic mass is 10.1. The van der Waals surface area contributed by atoms with Crippen molar-refractivity contribution in [2.24, 2.45) is 0 Å². The number of aromatic nitrogens is 2. The predicted octanol–water partition coefficient (Wildman–Crippen LogP) is 2.31. The minimum Gasteiger partial charge on any atom is -0.450 e. The number of rotatable bonds is 5. The lowest BCUT2D eigenvalue weighted by Crippen LogP contribution is -2.50. The Morgan fingerprint density at radius 1 is 1.04 bits per heavy atom. The van der Waals surface area contributed by atoms with Crippen molar-refractivity contribution in [3.05, 3.63) is 53.5 Å². The third kappa shape index (κ3) is 4.97. The second-order valence-corrected chi connectivity index (χ2v) is 6.60. The minimum atomic E-state index is -0.335. The summed E-state index contributed by atoms with van der Waals surface area (Å²) < 4.78 is 4.99. The Morgan fingerprint density at radius 3 is 2.32 bits per heavy atom. The number of ether oxygens (including phenoxy) is 1. The highest BCUT2D eigenvalue weighted by Crippen LogP contribution is 2.10. The average molecular weight is 383 g/mol. The summed E-state index contributed by atoms with van der Waals surface area (Å²) in [6.07, 6.45) is 2.71. The van der Waals surface area contributed by atoms with Crippen molar-refractivity contribution >= 4 is 17.8 Å². The number of carbonyl (C=O) groups excluding carboxylic acids is 2. The number of anilines is 1. The first-order valence-electron chi connectivity index (χ1n) is 9.39. The first-order chi connectivity index (χ1) is 13.6. The van der Waals surface area contributed by atoms with Crippen LogP contribution < -0.4 is 5.32 Å². The Labute approximate surface area is 164 Å². The molecular weight excluding hydrogens is 358 g/mol. The fraction of sp³-hybridized carbons (Fsp3) is 0.400. The van der Waals surface area contributed by atoms with E-state index in [1.807, 2.05) is 0 Å². The van der Waals surface area contributed by atoms with Crippen LogP contribution in [0.25, 0.3) is 0 Å². The van der Waals surface area contributed by atoms with E-state index in [2.05, 4.69) is 46.5 Å². The zero-order valence-corrected chi connectivity index (χ0v) is 16.2. The molecule has 0 bridgehead atoms. The number of nitrogens with zero attached hydrogens (tertiary/aromatic N) is 4. The molecule has 1 aromatic heterocycles. The predicted molar refractivity (Wildman–Crippen MR) is 105 cm³/mol. The number of hydrogen-bond acceptors (Lipinski definition) is 6. The number of aryl methyl sites for hydroxylation is 1. The van der Waals surface area contributed by atoms with Crippen molar-refractivity contribution in [3.63, 3.8) is 0 Å². The van der Waals surface area contributed by atoms with Gasteiger partial charge in [-0.1, -0.05) is 29.8 Å². The lowest BCUT2D eigenvalue weighted by molar-refractivity contribution is 0.0565. The quantitative estimate of drug-likeness (QED) is 0.853. The highest BCUT2D eigenvalue weighted by molar-refractivity contribution is 5.92. The van der Waals surface area contributed by atoms with Crippen LogP contribution in [0.5, 0.6) is 0 Å². The molecule has 148 valence electrons. The summed E-state index contributed by atoms with van der Waals surface area (Å²) in [5, 5.41) is 3.20. The summed E-state index contributed by atoms with van der Waals surface area (Å²) in [4.78, 5) is 36.1. The summed E-state index contributed by atoms with van der Waals surface area (Å²) in [5.74, 6) is 0.436. The molecule has 1 fully saturated rings. The van der Waals surface area contributed by atoms with E-state index in [1.54, 1.807) is 22.9 Å². The molecule has 0 saturated carbocycles. The topological polar surface area (TPSA) is 87.7 Å². The zero-order chi connectivity index (χ0) is 19.9. The van der Waals surface area contributed by atoms with Crippen LogP contribution in [-0.4, -0.2) is 64.6 Å². The molecule has 1 aliphatic heterocycles. The summed E-state index contributed by atoms with van der Waals surface area (Å²) in [6, 6.07) is 8.24. The summed E-state index contributed by atoms with van der Waals surface area (Å²) in [7, 11) is 0. The van der Waals surface area contributed by atoms with Gasteiger partial charge in [0.25, 0.3) is 5.91 Å². The molecule has 0 spiro atoms. The molecule has 0 unspecified atom stereocenters. The molecule has 2 aromatic rings. The van der Waals surface area contributed by atoms with E-state index < -0.39 is 0 Å². The molecule has 3 rings (SSSR count). The van der Waals surface area contributed by atoms with E-state index >= 15 is 0 Å². The van der Waals surface area contributed by atoms with Gasteiger partial charge in [0, 0.05) is 32.7 Å². The average Bonchev–Trinajstić information content (AvgIpc) is 2.73. The van der Waals surface area contributed by atoms with Crippen molar-refractivity contribution in [2.75, 3.05) is 38.1 Å². The van der Waals surface area contributed by atoms with Crippen LogP contribution in [0.3, 0.4) is 0 Å². The van der Waals surface area contributed by atoms with Gasteiger partial charge in [-0.05, 0) is 19.4 Å². The van der Waals surface area contributed by atoms with Crippen molar-refractivity contribution in [2.45, 2.75) is 20.4 Å². The number of hydrogen-bond donors (Lipinski definition) is 1. The zero-order valence-electron chi connectivity index (χ0n) is 16.2. The lowest BCUT2D eigenvalue weighted by Gasteiger charge is -2.33. The molecule has 1 N–H and O–H groups in total. The third-order valence-corrected chi connectivity index (χ3v) is 4.56. The van der Waals surface area contributed by atoms with Gasteiger partial charge >= 0.3 is 6.09 Å². The van der Waals surface area contributed by atoms with Gasteiger partial charge in [0.05, 0.1) is 19.0 Å². The number of carbonyl (C=O) groups is 2. The Bertz CT molecular complexity index is 800. The van der Waals surface area contributed by atoms with Crippen molar-refractivity contribution < 1.29 is 14.3 Å². The molecule has 1 aromatic carbocycles. The third-order valence-electron chi connectivity index (χ3n) is 4.56. The Hall–Kier alpha value is -3.16. The van der Waals surface area contributed by atoms with Gasteiger partial charge in [-0.15, -0.1) is 0 Å². The van der Waals surface area contributed by atoms with Gasteiger partial charge in [-0.2, -0.15) is 0 Å². The number of piperazine rings is 1. The normalized spacial score (nSPS) is 13.9. The maximum Gasteiger partial charge on any atom is 0.409 e. The minimum absolute atomic E-state index is 0.180. The summed E-state index contributed by atoms with van der Waals surface area (Å²) in [5.41, 5.74) is 2.66. The Balaban J connectivity index is 1.51. The summed E-state index contributed by atoms with van der Waals surface area (Å²) in [6.45, 7) is 6.61. The smallest absolute Gasteiger partial charge is 0.409 e. The first-order valence-corrected chi connectivity index (χ1v) is 9.39. The van der Waals surface area contributed by atoms with E-state index in [4.69, 9.17) is 4.74 Å². The number of nitrogens with one attached hydrogen (secondary N) is 1. The van der Waals surface area contributed by atoms with Crippen LogP contribution in [-0.2, 0) is 11.3 Å². The fourth-order valence-corrected chi connectivity index (χ4v) is 2.90. The Kier molecular flexibility index (Phi) is 6.41. The van der Waals surface area contributed by atoms with Crippen molar-refractivity contribution in [3.8, 4) is 0 Å². The van der Waals surface area contributed by atoms with E-state index in [-0.39, 0.29) is 12.0 Å². The molecule has 28 heavy (non-hydrogen) atoms. The first kappa shape index (κ1) is 19.6. The van der Waals surface area contributed by atoms with Crippen LogP contribution in [0.15, 0.2) is 36.7 Å². The maximum absolute atomic E-state index is 12.6. The van der Waals surface area contributed by atoms with Crippen LogP contribution in [0, 0.1) is 6.92 Å². The van der Waals surface area contributed by atoms with Gasteiger partial charge in [-0.25, -0.2) is 14.8 Å². The molecule has 2 heterocycles. The van der Waals surface area contributed by atoms with E-state index in [0.717, 1.165) is 5.56 Å². The van der Waals surface area contributed by atoms with E-state index in [0.29, 0.717) is 50.8 Å². The van der Waals surface area contributed by atoms with Crippen LogP contribution >= 0.6 is 0 Å². The maximum atomic E-state index is 12.6. The molecule has 2 amide bonds. The molecule has 0 radical (unpaired) electrons. The van der Waals surface area contributed by atoms with Crippen molar-refractivity contribution in [1.82, 2.24) is 19.8 Å². The highest BCUT2D eigenvalue weighted by Gasteiger charge is 2.26. The van der Waals surface area contributed by atoms with Gasteiger partial charge in [-0.3, -0.25) is 4.79 Å². The number of amides is 2. The monoisotopic (exact) mass is 383 g/mol. The summed E-state index contributed by atoms with van der Waals surface area (Å²) >= 11 is 0. The molecule has 1 aliphatic rings. The van der Waals surface area contributed by atoms with Gasteiger partial charge in [0.1, 0.15) is 11.5 Å².